The van der Waals surface area contributed by atoms with Gasteiger partial charge in [-0.25, -0.2) is 4.79 Å². The summed E-state index contributed by atoms with van der Waals surface area (Å²) >= 11 is 0. The van der Waals surface area contributed by atoms with Gasteiger partial charge in [-0.2, -0.15) is 5.10 Å². The first-order valence-electron chi connectivity index (χ1n) is 6.51. The van der Waals surface area contributed by atoms with Crippen LogP contribution in [0.25, 0.3) is 0 Å². The fourth-order valence-electron chi connectivity index (χ4n) is 2.00. The molecule has 1 fully saturated rings. The third-order valence-corrected chi connectivity index (χ3v) is 2.93. The van der Waals surface area contributed by atoms with Gasteiger partial charge in [0.25, 0.3) is 0 Å². The number of ether oxygens (including phenoxy) is 1. The van der Waals surface area contributed by atoms with E-state index in [1.807, 2.05) is 0 Å². The average Bonchev–Trinajstić information content (AvgIpc) is 2.95. The van der Waals surface area contributed by atoms with Gasteiger partial charge in [0, 0.05) is 31.6 Å². The number of esters is 1. The minimum Gasteiger partial charge on any atom is -0.462 e. The van der Waals surface area contributed by atoms with Gasteiger partial charge >= 0.3 is 5.97 Å². The summed E-state index contributed by atoms with van der Waals surface area (Å²) in [6.07, 6.45) is 3.64. The van der Waals surface area contributed by atoms with Crippen molar-refractivity contribution in [2.75, 3.05) is 13.2 Å². The Hall–Kier alpha value is -1.85. The summed E-state index contributed by atoms with van der Waals surface area (Å²) in [5.74, 6) is 0.196. The molecule has 0 saturated carbocycles. The van der Waals surface area contributed by atoms with Crippen molar-refractivity contribution in [2.45, 2.75) is 26.8 Å². The van der Waals surface area contributed by atoms with Crippen molar-refractivity contribution in [3.8, 4) is 0 Å². The number of nitrogens with zero attached hydrogens (tertiary/aromatic N) is 2. The Morgan fingerprint density at radius 2 is 2.42 bits per heavy atom. The Bertz CT molecular complexity index is 467. The van der Waals surface area contributed by atoms with Crippen molar-refractivity contribution in [2.24, 2.45) is 11.8 Å². The summed E-state index contributed by atoms with van der Waals surface area (Å²) in [4.78, 5) is 22.8. The molecule has 6 heteroatoms. The summed E-state index contributed by atoms with van der Waals surface area (Å²) in [5.41, 5.74) is 0.456. The summed E-state index contributed by atoms with van der Waals surface area (Å²) < 4.78 is 6.93. The van der Waals surface area contributed by atoms with Gasteiger partial charge in [-0.1, -0.05) is 13.8 Å². The molecule has 0 spiro atoms. The first-order valence-corrected chi connectivity index (χ1v) is 6.51. The highest BCUT2D eigenvalue weighted by Crippen LogP contribution is 2.11. The number of aromatic nitrogens is 2. The highest BCUT2D eigenvalue weighted by molar-refractivity contribution is 5.88. The van der Waals surface area contributed by atoms with Crippen LogP contribution in [0, 0.1) is 11.8 Å². The van der Waals surface area contributed by atoms with Crippen LogP contribution in [0.2, 0.25) is 0 Å². The fraction of sp³-hybridized carbons (Fsp3) is 0.615. The van der Waals surface area contributed by atoms with Gasteiger partial charge in [0.2, 0.25) is 5.91 Å². The van der Waals surface area contributed by atoms with Gasteiger partial charge in [-0.05, 0) is 5.92 Å². The number of rotatable bonds is 5. The molecule has 104 valence electrons. The van der Waals surface area contributed by atoms with E-state index in [0.29, 0.717) is 24.4 Å². The van der Waals surface area contributed by atoms with E-state index in [-0.39, 0.29) is 24.4 Å². The third-order valence-electron chi connectivity index (χ3n) is 2.93. The lowest BCUT2D eigenvalue weighted by molar-refractivity contribution is -0.119. The molecule has 0 unspecified atom stereocenters. The van der Waals surface area contributed by atoms with Crippen molar-refractivity contribution in [1.82, 2.24) is 15.1 Å². The van der Waals surface area contributed by atoms with Crippen molar-refractivity contribution in [3.63, 3.8) is 0 Å². The molecule has 6 nitrogen and oxygen atoms in total. The smallest absolute Gasteiger partial charge is 0.341 e. The number of hydrogen-bond donors (Lipinski definition) is 1. The molecule has 1 aromatic heterocycles. The lowest BCUT2D eigenvalue weighted by Crippen LogP contribution is -2.17. The van der Waals surface area contributed by atoms with Crippen LogP contribution in [-0.2, 0) is 16.1 Å². The molecule has 0 bridgehead atoms. The number of amides is 1. The monoisotopic (exact) mass is 265 g/mol. The molecule has 19 heavy (non-hydrogen) atoms. The van der Waals surface area contributed by atoms with E-state index in [1.54, 1.807) is 10.9 Å². The lowest BCUT2D eigenvalue weighted by atomic mass is 10.1. The molecule has 1 aliphatic rings. The first-order chi connectivity index (χ1) is 9.04. The second-order valence-corrected chi connectivity index (χ2v) is 5.32. The van der Waals surface area contributed by atoms with Crippen LogP contribution in [0.15, 0.2) is 12.4 Å². The second-order valence-electron chi connectivity index (χ2n) is 5.32. The molecule has 0 aliphatic carbocycles. The Kier molecular flexibility index (Phi) is 4.19. The third kappa shape index (κ3) is 3.81. The van der Waals surface area contributed by atoms with Crippen LogP contribution < -0.4 is 5.32 Å². The highest BCUT2D eigenvalue weighted by Gasteiger charge is 2.23. The van der Waals surface area contributed by atoms with Crippen LogP contribution >= 0.6 is 0 Å². The maximum absolute atomic E-state index is 11.8. The molecule has 1 saturated heterocycles. The van der Waals surface area contributed by atoms with Crippen molar-refractivity contribution in [3.05, 3.63) is 18.0 Å². The van der Waals surface area contributed by atoms with Gasteiger partial charge in [0.1, 0.15) is 0 Å². The Labute approximate surface area is 112 Å². The number of carbonyl (C=O) groups excluding carboxylic acids is 2. The molecule has 0 radical (unpaired) electrons. The van der Waals surface area contributed by atoms with Crippen molar-refractivity contribution >= 4 is 11.9 Å². The van der Waals surface area contributed by atoms with Crippen LogP contribution in [0.3, 0.4) is 0 Å². The summed E-state index contributed by atoms with van der Waals surface area (Å²) in [7, 11) is 0. The normalized spacial score (nSPS) is 18.7. The molecular formula is C13H19N3O3. The zero-order chi connectivity index (χ0) is 13.8. The minimum atomic E-state index is -0.380. The van der Waals surface area contributed by atoms with Gasteiger partial charge in [-0.15, -0.1) is 0 Å². The van der Waals surface area contributed by atoms with Crippen molar-refractivity contribution < 1.29 is 14.3 Å². The zero-order valence-corrected chi connectivity index (χ0v) is 11.3. The molecule has 2 rings (SSSR count). The maximum Gasteiger partial charge on any atom is 0.341 e. The lowest BCUT2D eigenvalue weighted by Gasteiger charge is -2.07. The first kappa shape index (κ1) is 13.6. The fourth-order valence-corrected chi connectivity index (χ4v) is 2.00. The molecule has 2 heterocycles. The van der Waals surface area contributed by atoms with E-state index in [2.05, 4.69) is 24.3 Å². The highest BCUT2D eigenvalue weighted by atomic mass is 16.5. The van der Waals surface area contributed by atoms with Gasteiger partial charge in [0.15, 0.2) is 0 Å². The average molecular weight is 265 g/mol. The van der Waals surface area contributed by atoms with Crippen LogP contribution in [0.5, 0.6) is 0 Å². The predicted octanol–water partition coefficient (Wildman–Crippen LogP) is 0.832. The van der Waals surface area contributed by atoms with Gasteiger partial charge < -0.3 is 10.1 Å². The van der Waals surface area contributed by atoms with E-state index in [4.69, 9.17) is 4.74 Å². The van der Waals surface area contributed by atoms with Crippen molar-refractivity contribution in [1.29, 1.82) is 0 Å². The van der Waals surface area contributed by atoms with Crippen LogP contribution in [0.1, 0.15) is 30.6 Å². The number of carbonyl (C=O) groups is 2. The van der Waals surface area contributed by atoms with E-state index in [0.717, 1.165) is 6.54 Å². The molecule has 1 aliphatic heterocycles. The molecule has 1 N–H and O–H groups in total. The van der Waals surface area contributed by atoms with E-state index >= 15 is 0 Å². The van der Waals surface area contributed by atoms with Gasteiger partial charge in [-0.3, -0.25) is 9.48 Å². The summed E-state index contributed by atoms with van der Waals surface area (Å²) in [6, 6.07) is 0. The number of hydrogen-bond acceptors (Lipinski definition) is 4. The minimum absolute atomic E-state index is 0.0193. The van der Waals surface area contributed by atoms with Crippen LogP contribution in [-0.4, -0.2) is 34.8 Å². The predicted molar refractivity (Wildman–Crippen MR) is 68.5 cm³/mol. The van der Waals surface area contributed by atoms with Gasteiger partial charge in [0.05, 0.1) is 18.4 Å². The molecular weight excluding hydrogens is 246 g/mol. The van der Waals surface area contributed by atoms with E-state index in [1.165, 1.54) is 6.20 Å². The summed E-state index contributed by atoms with van der Waals surface area (Å²) in [5, 5.41) is 6.83. The van der Waals surface area contributed by atoms with E-state index < -0.39 is 0 Å². The van der Waals surface area contributed by atoms with E-state index in [9.17, 15) is 9.59 Å². The quantitative estimate of drug-likeness (QED) is 0.800. The Balaban J connectivity index is 1.82. The molecule has 0 aromatic carbocycles. The molecule has 1 atom stereocenters. The number of nitrogens with one attached hydrogen (secondary N) is 1. The SMILES string of the molecule is CC(C)Cn1cc(C(=O)OC[C@H]2CNC(=O)C2)cn1. The second kappa shape index (κ2) is 5.86. The Morgan fingerprint density at radius 3 is 3.05 bits per heavy atom. The zero-order valence-electron chi connectivity index (χ0n) is 11.3. The largest absolute Gasteiger partial charge is 0.462 e. The molecule has 1 amide bonds. The Morgan fingerprint density at radius 1 is 1.63 bits per heavy atom. The topological polar surface area (TPSA) is 73.2 Å². The molecule has 1 aromatic rings. The summed E-state index contributed by atoms with van der Waals surface area (Å²) in [6.45, 7) is 5.80. The van der Waals surface area contributed by atoms with Crippen LogP contribution in [0.4, 0.5) is 0 Å². The maximum atomic E-state index is 11.8. The standard InChI is InChI=1S/C13H19N3O3/c1-9(2)6-16-7-11(5-15-16)13(18)19-8-10-3-12(17)14-4-10/h5,7,9-10H,3-4,6,8H2,1-2H3,(H,14,17)/t10-/m1/s1.